The highest BCUT2D eigenvalue weighted by Gasteiger charge is 2.11. The number of nitro groups is 1. The van der Waals surface area contributed by atoms with Gasteiger partial charge in [-0.25, -0.2) is 0 Å². The number of nitrogens with zero attached hydrogens (tertiary/aromatic N) is 1. The Balaban J connectivity index is 2.20. The summed E-state index contributed by atoms with van der Waals surface area (Å²) in [6.45, 7) is 1.81. The molecule has 0 aliphatic rings. The predicted octanol–water partition coefficient (Wildman–Crippen LogP) is 4.22. The molecule has 24 heavy (non-hydrogen) atoms. The summed E-state index contributed by atoms with van der Waals surface area (Å²) in [7, 11) is 1.47. The number of benzene rings is 2. The van der Waals surface area contributed by atoms with Crippen LogP contribution in [-0.4, -0.2) is 17.9 Å². The smallest absolute Gasteiger partial charge is 0.276 e. The molecule has 0 aromatic heterocycles. The number of aryl methyl sites for hydroxylation is 1. The van der Waals surface area contributed by atoms with Crippen molar-refractivity contribution >= 4 is 35.0 Å². The van der Waals surface area contributed by atoms with E-state index in [0.717, 1.165) is 5.56 Å². The van der Waals surface area contributed by atoms with Gasteiger partial charge in [-0.3, -0.25) is 14.9 Å². The van der Waals surface area contributed by atoms with Gasteiger partial charge < -0.3 is 10.1 Å². The summed E-state index contributed by atoms with van der Waals surface area (Å²) < 4.78 is 5.18. The summed E-state index contributed by atoms with van der Waals surface area (Å²) in [6, 6.07) is 9.47. The van der Waals surface area contributed by atoms with Gasteiger partial charge in [-0.15, -0.1) is 0 Å². The zero-order chi connectivity index (χ0) is 17.7. The maximum Gasteiger partial charge on any atom is 0.276 e. The maximum absolute atomic E-state index is 12.1. The number of amides is 1. The van der Waals surface area contributed by atoms with Crippen LogP contribution in [0.25, 0.3) is 6.08 Å². The second-order valence-electron chi connectivity index (χ2n) is 4.94. The third-order valence-electron chi connectivity index (χ3n) is 3.29. The number of rotatable bonds is 5. The lowest BCUT2D eigenvalue weighted by Crippen LogP contribution is -2.09. The van der Waals surface area contributed by atoms with E-state index in [0.29, 0.717) is 22.0 Å². The Morgan fingerprint density at radius 1 is 1.33 bits per heavy atom. The van der Waals surface area contributed by atoms with Gasteiger partial charge in [-0.05, 0) is 30.7 Å². The van der Waals surface area contributed by atoms with Crippen LogP contribution in [0, 0.1) is 17.0 Å². The predicted molar refractivity (Wildman–Crippen MR) is 93.5 cm³/mol. The third kappa shape index (κ3) is 4.11. The van der Waals surface area contributed by atoms with Crippen LogP contribution in [0.15, 0.2) is 42.5 Å². The van der Waals surface area contributed by atoms with Crippen LogP contribution < -0.4 is 10.1 Å². The van der Waals surface area contributed by atoms with Crippen molar-refractivity contribution in [1.82, 2.24) is 0 Å². The fourth-order valence-corrected chi connectivity index (χ4v) is 2.22. The summed E-state index contributed by atoms with van der Waals surface area (Å²) in [4.78, 5) is 22.5. The molecule has 2 aromatic carbocycles. The third-order valence-corrected chi connectivity index (χ3v) is 3.69. The largest absolute Gasteiger partial charge is 0.495 e. The first-order chi connectivity index (χ1) is 11.4. The van der Waals surface area contributed by atoms with E-state index in [-0.39, 0.29) is 5.69 Å². The van der Waals surface area contributed by atoms with E-state index in [9.17, 15) is 14.9 Å². The molecule has 0 unspecified atom stereocenters. The Labute approximate surface area is 143 Å². The number of methoxy groups -OCH3 is 1. The van der Waals surface area contributed by atoms with Gasteiger partial charge in [0.2, 0.25) is 5.91 Å². The molecule has 0 spiro atoms. The second kappa shape index (κ2) is 7.61. The topological polar surface area (TPSA) is 81.5 Å². The average Bonchev–Trinajstić information content (AvgIpc) is 2.56. The van der Waals surface area contributed by atoms with Gasteiger partial charge in [0, 0.05) is 23.2 Å². The van der Waals surface area contributed by atoms with Crippen molar-refractivity contribution in [2.24, 2.45) is 0 Å². The monoisotopic (exact) mass is 346 g/mol. The van der Waals surface area contributed by atoms with E-state index in [1.54, 1.807) is 37.3 Å². The first-order valence-corrected chi connectivity index (χ1v) is 7.36. The van der Waals surface area contributed by atoms with Crippen molar-refractivity contribution in [3.63, 3.8) is 0 Å². The molecule has 0 atom stereocenters. The van der Waals surface area contributed by atoms with Crippen LogP contribution in [-0.2, 0) is 4.79 Å². The van der Waals surface area contributed by atoms with E-state index < -0.39 is 10.8 Å². The molecule has 0 fully saturated rings. The molecule has 2 rings (SSSR count). The van der Waals surface area contributed by atoms with E-state index in [2.05, 4.69) is 5.32 Å². The number of para-hydroxylation sites is 1. The molecule has 1 amide bonds. The van der Waals surface area contributed by atoms with Crippen LogP contribution in [0.2, 0.25) is 5.02 Å². The molecule has 0 heterocycles. The van der Waals surface area contributed by atoms with E-state index in [1.165, 1.54) is 25.3 Å². The molecule has 0 aliphatic heterocycles. The van der Waals surface area contributed by atoms with Gasteiger partial charge in [0.1, 0.15) is 5.75 Å². The van der Waals surface area contributed by atoms with Crippen molar-refractivity contribution in [3.8, 4) is 5.75 Å². The quantitative estimate of drug-likeness (QED) is 0.499. The number of nitro benzene ring substituents is 1. The summed E-state index contributed by atoms with van der Waals surface area (Å²) in [5.74, 6) is -0.00813. The number of nitrogens with one attached hydrogen (secondary N) is 1. The maximum atomic E-state index is 12.1. The number of anilines is 1. The fourth-order valence-electron chi connectivity index (χ4n) is 2.06. The van der Waals surface area contributed by atoms with Crippen molar-refractivity contribution in [2.45, 2.75) is 6.92 Å². The minimum Gasteiger partial charge on any atom is -0.495 e. The molecule has 0 bridgehead atoms. The Morgan fingerprint density at radius 3 is 2.71 bits per heavy atom. The van der Waals surface area contributed by atoms with E-state index >= 15 is 0 Å². The fraction of sp³-hybridized carbons (Fsp3) is 0.118. The molecule has 0 saturated heterocycles. The van der Waals surface area contributed by atoms with E-state index in [1.807, 2.05) is 0 Å². The highest BCUT2D eigenvalue weighted by atomic mass is 35.5. The standard InChI is InChI=1S/C17H15ClN2O4/c1-11-9-14(16(24-2)10-13(11)18)19-17(21)8-7-12-5-3-4-6-15(12)20(22)23/h3-10H,1-2H3,(H,19,21)/b8-7+. The Morgan fingerprint density at radius 2 is 2.04 bits per heavy atom. The highest BCUT2D eigenvalue weighted by Crippen LogP contribution is 2.31. The Bertz CT molecular complexity index is 818. The average molecular weight is 347 g/mol. The normalized spacial score (nSPS) is 10.6. The summed E-state index contributed by atoms with van der Waals surface area (Å²) in [5.41, 5.74) is 1.53. The highest BCUT2D eigenvalue weighted by molar-refractivity contribution is 6.31. The van der Waals surface area contributed by atoms with Gasteiger partial charge in [0.15, 0.2) is 0 Å². The van der Waals surface area contributed by atoms with Crippen molar-refractivity contribution in [3.05, 3.63) is 68.7 Å². The molecule has 0 aliphatic carbocycles. The lowest BCUT2D eigenvalue weighted by atomic mass is 10.1. The number of halogens is 1. The number of carbonyl (C=O) groups is 1. The first kappa shape index (κ1) is 17.5. The number of ether oxygens (including phenoxy) is 1. The van der Waals surface area contributed by atoms with Crippen LogP contribution in [0.3, 0.4) is 0 Å². The molecule has 0 radical (unpaired) electrons. The zero-order valence-corrected chi connectivity index (χ0v) is 13.8. The van der Waals surface area contributed by atoms with Gasteiger partial charge >= 0.3 is 0 Å². The van der Waals surface area contributed by atoms with Crippen LogP contribution in [0.5, 0.6) is 5.75 Å². The van der Waals surface area contributed by atoms with Crippen LogP contribution in [0.4, 0.5) is 11.4 Å². The zero-order valence-electron chi connectivity index (χ0n) is 13.1. The van der Waals surface area contributed by atoms with Gasteiger partial charge in [0.05, 0.1) is 23.3 Å². The molecular formula is C17H15ClN2O4. The first-order valence-electron chi connectivity index (χ1n) is 6.99. The second-order valence-corrected chi connectivity index (χ2v) is 5.35. The van der Waals surface area contributed by atoms with Gasteiger partial charge in [0.25, 0.3) is 5.69 Å². The summed E-state index contributed by atoms with van der Waals surface area (Å²) in [6.07, 6.45) is 2.62. The number of carbonyl (C=O) groups excluding carboxylic acids is 1. The summed E-state index contributed by atoms with van der Waals surface area (Å²) >= 11 is 6.02. The van der Waals surface area contributed by atoms with Crippen molar-refractivity contribution < 1.29 is 14.5 Å². The molecular weight excluding hydrogens is 332 g/mol. The molecule has 1 N–H and O–H groups in total. The molecule has 6 nitrogen and oxygen atoms in total. The Kier molecular flexibility index (Phi) is 5.55. The number of hydrogen-bond donors (Lipinski definition) is 1. The minimum absolute atomic E-state index is 0.0681. The van der Waals surface area contributed by atoms with Crippen molar-refractivity contribution in [2.75, 3.05) is 12.4 Å². The lowest BCUT2D eigenvalue weighted by Gasteiger charge is -2.11. The molecule has 7 heteroatoms. The van der Waals surface area contributed by atoms with Gasteiger partial charge in [-0.2, -0.15) is 0 Å². The lowest BCUT2D eigenvalue weighted by molar-refractivity contribution is -0.385. The Hall–Kier alpha value is -2.86. The SMILES string of the molecule is COc1cc(Cl)c(C)cc1NC(=O)/C=C/c1ccccc1[N+](=O)[O-]. The van der Waals surface area contributed by atoms with Crippen LogP contribution >= 0.6 is 11.6 Å². The van der Waals surface area contributed by atoms with Crippen molar-refractivity contribution in [1.29, 1.82) is 0 Å². The molecule has 2 aromatic rings. The van der Waals surface area contributed by atoms with Gasteiger partial charge in [-0.1, -0.05) is 23.7 Å². The minimum atomic E-state index is -0.497. The molecule has 124 valence electrons. The van der Waals surface area contributed by atoms with E-state index in [4.69, 9.17) is 16.3 Å². The summed E-state index contributed by atoms with van der Waals surface area (Å²) in [5, 5.41) is 14.1. The van der Waals surface area contributed by atoms with Crippen LogP contribution in [0.1, 0.15) is 11.1 Å². The number of hydrogen-bond acceptors (Lipinski definition) is 4. The molecule has 0 saturated carbocycles.